The first-order valence-corrected chi connectivity index (χ1v) is 6.66. The summed E-state index contributed by atoms with van der Waals surface area (Å²) >= 11 is 9.27. The van der Waals surface area contributed by atoms with E-state index >= 15 is 0 Å². The number of hydrogen-bond donors (Lipinski definition) is 3. The fraction of sp³-hybridized carbons (Fsp3) is 0. The van der Waals surface area contributed by atoms with Crippen LogP contribution in [0.5, 0.6) is 0 Å². The van der Waals surface area contributed by atoms with E-state index in [1.165, 1.54) is 24.3 Å². The van der Waals surface area contributed by atoms with Gasteiger partial charge in [-0.1, -0.05) is 27.5 Å². The Kier molecular flexibility index (Phi) is 4.15. The summed E-state index contributed by atoms with van der Waals surface area (Å²) in [6.07, 6.45) is 0. The molecule has 0 aliphatic carbocycles. The van der Waals surface area contributed by atoms with E-state index in [2.05, 4.69) is 21.2 Å². The highest BCUT2D eigenvalue weighted by atomic mass is 79.9. The smallest absolute Gasteiger partial charge is 0.250 e. The number of nitrogen functional groups attached to an aromatic ring is 1. The molecule has 0 aliphatic rings. The highest BCUT2D eigenvalue weighted by molar-refractivity contribution is 9.10. The minimum atomic E-state index is -0.711. The van der Waals surface area contributed by atoms with E-state index in [1.807, 2.05) is 0 Å². The Morgan fingerprint density at radius 2 is 2.00 bits per heavy atom. The first-order valence-electron chi connectivity index (χ1n) is 5.49. The number of amides is 1. The number of carbonyl (C=O) groups excluding carboxylic acids is 1. The Balaban J connectivity index is 2.53. The number of hydrogen-bond acceptors (Lipinski definition) is 3. The van der Waals surface area contributed by atoms with Crippen molar-refractivity contribution in [1.82, 2.24) is 0 Å². The van der Waals surface area contributed by atoms with Gasteiger partial charge in [0.05, 0.1) is 22.0 Å². The number of benzene rings is 2. The van der Waals surface area contributed by atoms with Gasteiger partial charge in [0.25, 0.3) is 5.91 Å². The van der Waals surface area contributed by atoms with Gasteiger partial charge in [-0.05, 0) is 30.3 Å². The number of nitrogens with two attached hydrogens (primary N) is 2. The molecule has 0 fully saturated rings. The van der Waals surface area contributed by atoms with Crippen molar-refractivity contribution in [3.63, 3.8) is 0 Å². The van der Waals surface area contributed by atoms with E-state index in [0.29, 0.717) is 10.2 Å². The predicted octanol–water partition coefficient (Wildman–Crippen LogP) is 3.67. The molecule has 0 spiro atoms. The Hall–Kier alpha value is -1.79. The van der Waals surface area contributed by atoms with Crippen molar-refractivity contribution in [2.45, 2.75) is 0 Å². The number of halogens is 3. The molecule has 20 heavy (non-hydrogen) atoms. The lowest BCUT2D eigenvalue weighted by Crippen LogP contribution is -2.14. The predicted molar refractivity (Wildman–Crippen MR) is 81.8 cm³/mol. The van der Waals surface area contributed by atoms with Crippen LogP contribution >= 0.6 is 27.5 Å². The van der Waals surface area contributed by atoms with Gasteiger partial charge < -0.3 is 16.8 Å². The molecule has 4 nitrogen and oxygen atoms in total. The monoisotopic (exact) mass is 357 g/mol. The minimum Gasteiger partial charge on any atom is -0.399 e. The summed E-state index contributed by atoms with van der Waals surface area (Å²) in [5, 5.41) is 2.94. The highest BCUT2D eigenvalue weighted by Gasteiger charge is 2.15. The fourth-order valence-electron chi connectivity index (χ4n) is 1.68. The van der Waals surface area contributed by atoms with Gasteiger partial charge in [-0.3, -0.25) is 4.79 Å². The van der Waals surface area contributed by atoms with E-state index in [4.69, 9.17) is 23.1 Å². The molecule has 0 atom stereocenters. The quantitative estimate of drug-likeness (QED) is 0.732. The number of carbonyl (C=O) groups is 1. The molecule has 0 heterocycles. The normalized spacial score (nSPS) is 10.3. The molecule has 2 aromatic carbocycles. The van der Waals surface area contributed by atoms with E-state index < -0.39 is 11.7 Å². The molecule has 7 heteroatoms. The maximum Gasteiger partial charge on any atom is 0.250 e. The van der Waals surface area contributed by atoms with Crippen molar-refractivity contribution in [2.75, 3.05) is 11.1 Å². The third kappa shape index (κ3) is 3.02. The summed E-state index contributed by atoms with van der Waals surface area (Å²) in [4.78, 5) is 11.4. The molecular weight excluding hydrogens is 349 g/mol. The van der Waals surface area contributed by atoms with Gasteiger partial charge >= 0.3 is 0 Å². The zero-order valence-corrected chi connectivity index (χ0v) is 12.4. The molecule has 0 unspecified atom stereocenters. The first kappa shape index (κ1) is 14.6. The Labute approximate surface area is 128 Å². The van der Waals surface area contributed by atoms with E-state index in [-0.39, 0.29) is 22.0 Å². The summed E-state index contributed by atoms with van der Waals surface area (Å²) in [7, 11) is 0. The van der Waals surface area contributed by atoms with Gasteiger partial charge in [0, 0.05) is 10.2 Å². The molecule has 5 N–H and O–H groups in total. The molecule has 0 saturated carbocycles. The van der Waals surface area contributed by atoms with Gasteiger partial charge in [0.2, 0.25) is 0 Å². The maximum absolute atomic E-state index is 13.7. The highest BCUT2D eigenvalue weighted by Crippen LogP contribution is 2.33. The van der Waals surface area contributed by atoms with Crippen LogP contribution in [0, 0.1) is 5.82 Å². The van der Waals surface area contributed by atoms with Crippen LogP contribution in [0.2, 0.25) is 5.02 Å². The van der Waals surface area contributed by atoms with Crippen LogP contribution in [-0.2, 0) is 0 Å². The van der Waals surface area contributed by atoms with Crippen LogP contribution in [0.25, 0.3) is 0 Å². The van der Waals surface area contributed by atoms with E-state index in [9.17, 15) is 9.18 Å². The number of anilines is 3. The lowest BCUT2D eigenvalue weighted by Gasteiger charge is -2.14. The van der Waals surface area contributed by atoms with E-state index in [1.54, 1.807) is 6.07 Å². The standard InChI is InChI=1S/C13H10BrClFN3O/c14-6-1-2-10(16)11(3-6)19-12-8(13(18)20)4-7(17)5-9(12)15/h1-5,19H,17H2,(H2,18,20). The molecule has 104 valence electrons. The molecular formula is C13H10BrClFN3O. The van der Waals surface area contributed by atoms with Crippen LogP contribution in [0.15, 0.2) is 34.8 Å². The van der Waals surface area contributed by atoms with Crippen molar-refractivity contribution in [2.24, 2.45) is 5.73 Å². The van der Waals surface area contributed by atoms with Crippen LogP contribution in [0.3, 0.4) is 0 Å². The molecule has 2 rings (SSSR count). The first-order chi connectivity index (χ1) is 9.38. The summed E-state index contributed by atoms with van der Waals surface area (Å²) in [6.45, 7) is 0. The van der Waals surface area contributed by atoms with Gasteiger partial charge in [0.1, 0.15) is 5.82 Å². The third-order valence-corrected chi connectivity index (χ3v) is 3.36. The van der Waals surface area contributed by atoms with Crippen molar-refractivity contribution in [3.8, 4) is 0 Å². The number of nitrogens with one attached hydrogen (secondary N) is 1. The van der Waals surface area contributed by atoms with Gasteiger partial charge in [-0.15, -0.1) is 0 Å². The molecule has 0 radical (unpaired) electrons. The SMILES string of the molecule is NC(=O)c1cc(N)cc(Cl)c1Nc1cc(Br)ccc1F. The van der Waals surface area contributed by atoms with Crippen LogP contribution in [0.4, 0.5) is 21.5 Å². The molecule has 0 saturated heterocycles. The Morgan fingerprint density at radius 3 is 2.65 bits per heavy atom. The zero-order valence-electron chi connectivity index (χ0n) is 10.1. The molecule has 2 aromatic rings. The fourth-order valence-corrected chi connectivity index (χ4v) is 2.31. The number of primary amides is 1. The van der Waals surface area contributed by atoms with Crippen molar-refractivity contribution >= 4 is 50.5 Å². The second kappa shape index (κ2) is 5.68. The Bertz CT molecular complexity index is 694. The van der Waals surface area contributed by atoms with Gasteiger partial charge in [-0.25, -0.2) is 4.39 Å². The van der Waals surface area contributed by atoms with Crippen LogP contribution < -0.4 is 16.8 Å². The molecule has 0 bridgehead atoms. The molecule has 1 amide bonds. The summed E-state index contributed by atoms with van der Waals surface area (Å²) in [5.74, 6) is -1.20. The lowest BCUT2D eigenvalue weighted by molar-refractivity contribution is 0.100. The number of rotatable bonds is 3. The Morgan fingerprint density at radius 1 is 1.30 bits per heavy atom. The van der Waals surface area contributed by atoms with Crippen LogP contribution in [-0.4, -0.2) is 5.91 Å². The maximum atomic E-state index is 13.7. The molecule has 0 aromatic heterocycles. The van der Waals surface area contributed by atoms with Crippen molar-refractivity contribution < 1.29 is 9.18 Å². The van der Waals surface area contributed by atoms with Gasteiger partial charge in [0.15, 0.2) is 0 Å². The zero-order chi connectivity index (χ0) is 14.9. The summed E-state index contributed by atoms with van der Waals surface area (Å²) in [6, 6.07) is 7.19. The largest absolute Gasteiger partial charge is 0.399 e. The van der Waals surface area contributed by atoms with Crippen molar-refractivity contribution in [1.29, 1.82) is 0 Å². The minimum absolute atomic E-state index is 0.0920. The van der Waals surface area contributed by atoms with E-state index in [0.717, 1.165) is 0 Å². The second-order valence-corrected chi connectivity index (χ2v) is 5.36. The van der Waals surface area contributed by atoms with Crippen LogP contribution in [0.1, 0.15) is 10.4 Å². The summed E-state index contributed by atoms with van der Waals surface area (Å²) in [5.41, 5.74) is 11.7. The van der Waals surface area contributed by atoms with Crippen molar-refractivity contribution in [3.05, 3.63) is 51.2 Å². The average Bonchev–Trinajstić information content (AvgIpc) is 2.36. The topological polar surface area (TPSA) is 81.1 Å². The molecule has 0 aliphatic heterocycles. The lowest BCUT2D eigenvalue weighted by atomic mass is 10.1. The summed E-state index contributed by atoms with van der Waals surface area (Å²) < 4.78 is 14.4. The van der Waals surface area contributed by atoms with Gasteiger partial charge in [-0.2, -0.15) is 0 Å². The second-order valence-electron chi connectivity index (χ2n) is 4.04. The average molecular weight is 359 g/mol. The third-order valence-electron chi connectivity index (χ3n) is 2.57.